The van der Waals surface area contributed by atoms with Crippen molar-refractivity contribution >= 4 is 11.6 Å². The highest BCUT2D eigenvalue weighted by atomic mass is 35.5. The zero-order valence-corrected chi connectivity index (χ0v) is 11.7. The summed E-state index contributed by atoms with van der Waals surface area (Å²) in [5.74, 6) is 0.459. The number of nitrogens with two attached hydrogens (primary N) is 1. The number of hydrogen-bond donors (Lipinski definition) is 1. The molecule has 0 amide bonds. The summed E-state index contributed by atoms with van der Waals surface area (Å²) in [6.45, 7) is 2.84. The molecule has 1 aliphatic heterocycles. The van der Waals surface area contributed by atoms with Crippen LogP contribution >= 0.6 is 11.6 Å². The summed E-state index contributed by atoms with van der Waals surface area (Å²) in [6.07, 6.45) is 5.13. The van der Waals surface area contributed by atoms with Gasteiger partial charge in [-0.1, -0.05) is 29.8 Å². The predicted molar refractivity (Wildman–Crippen MR) is 75.9 cm³/mol. The Hall–Kier alpha value is -0.570. The van der Waals surface area contributed by atoms with Gasteiger partial charge in [-0.05, 0) is 56.7 Å². The molecule has 3 atom stereocenters. The first kappa shape index (κ1) is 13.9. The Kier molecular flexibility index (Phi) is 5.04. The standard InChI is InChI=1S/C15H22ClNO/c1-11-6-7-14(18-11)9-12(10-17)8-13-4-2-3-5-15(13)16/h2-5,11-12,14H,6-10,17H2,1H3. The molecular formula is C15H22ClNO. The highest BCUT2D eigenvalue weighted by Gasteiger charge is 2.24. The van der Waals surface area contributed by atoms with E-state index in [4.69, 9.17) is 22.1 Å². The molecule has 0 radical (unpaired) electrons. The summed E-state index contributed by atoms with van der Waals surface area (Å²) in [4.78, 5) is 0. The lowest BCUT2D eigenvalue weighted by molar-refractivity contribution is 0.0415. The summed E-state index contributed by atoms with van der Waals surface area (Å²) >= 11 is 6.19. The van der Waals surface area contributed by atoms with Crippen molar-refractivity contribution in [2.24, 2.45) is 11.7 Å². The molecule has 0 aliphatic carbocycles. The van der Waals surface area contributed by atoms with Crippen molar-refractivity contribution in [2.45, 2.75) is 44.8 Å². The van der Waals surface area contributed by atoms with Crippen LogP contribution in [-0.4, -0.2) is 18.8 Å². The summed E-state index contributed by atoms with van der Waals surface area (Å²) in [5, 5.41) is 0.844. The van der Waals surface area contributed by atoms with Crippen molar-refractivity contribution in [3.05, 3.63) is 34.9 Å². The number of ether oxygens (including phenoxy) is 1. The molecule has 1 aromatic carbocycles. The molecule has 0 bridgehead atoms. The Bertz CT molecular complexity index is 383. The summed E-state index contributed by atoms with van der Waals surface area (Å²) in [6, 6.07) is 8.02. The van der Waals surface area contributed by atoms with Crippen LogP contribution in [0.1, 0.15) is 31.7 Å². The third-order valence-corrected chi connectivity index (χ3v) is 4.08. The molecule has 2 rings (SSSR count). The first-order valence-electron chi connectivity index (χ1n) is 6.78. The van der Waals surface area contributed by atoms with Crippen LogP contribution in [0.2, 0.25) is 5.02 Å². The normalized spacial score (nSPS) is 25.3. The average molecular weight is 268 g/mol. The zero-order chi connectivity index (χ0) is 13.0. The summed E-state index contributed by atoms with van der Waals surface area (Å²) in [7, 11) is 0. The minimum Gasteiger partial charge on any atom is -0.375 e. The molecule has 0 saturated carbocycles. The van der Waals surface area contributed by atoms with Gasteiger partial charge in [-0.2, -0.15) is 0 Å². The van der Waals surface area contributed by atoms with Crippen molar-refractivity contribution in [2.75, 3.05) is 6.54 Å². The van der Waals surface area contributed by atoms with Crippen LogP contribution in [0.5, 0.6) is 0 Å². The molecule has 100 valence electrons. The molecule has 1 fully saturated rings. The lowest BCUT2D eigenvalue weighted by atomic mass is 9.93. The third kappa shape index (κ3) is 3.71. The monoisotopic (exact) mass is 267 g/mol. The lowest BCUT2D eigenvalue weighted by Crippen LogP contribution is -2.23. The van der Waals surface area contributed by atoms with E-state index in [1.165, 1.54) is 18.4 Å². The van der Waals surface area contributed by atoms with E-state index >= 15 is 0 Å². The first-order valence-corrected chi connectivity index (χ1v) is 7.15. The molecule has 3 heteroatoms. The van der Waals surface area contributed by atoms with Crippen molar-refractivity contribution in [1.82, 2.24) is 0 Å². The van der Waals surface area contributed by atoms with Gasteiger partial charge in [0, 0.05) is 5.02 Å². The highest BCUT2D eigenvalue weighted by Crippen LogP contribution is 2.27. The number of halogens is 1. The fraction of sp³-hybridized carbons (Fsp3) is 0.600. The molecule has 18 heavy (non-hydrogen) atoms. The summed E-state index contributed by atoms with van der Waals surface area (Å²) < 4.78 is 5.87. The maximum atomic E-state index is 6.19. The van der Waals surface area contributed by atoms with Gasteiger partial charge in [-0.25, -0.2) is 0 Å². The third-order valence-electron chi connectivity index (χ3n) is 3.72. The maximum Gasteiger partial charge on any atom is 0.0583 e. The van der Waals surface area contributed by atoms with Gasteiger partial charge in [0.25, 0.3) is 0 Å². The van der Waals surface area contributed by atoms with Gasteiger partial charge in [-0.3, -0.25) is 0 Å². The Morgan fingerprint density at radius 2 is 2.17 bits per heavy atom. The van der Waals surface area contributed by atoms with E-state index < -0.39 is 0 Å². The molecule has 0 aromatic heterocycles. The van der Waals surface area contributed by atoms with Gasteiger partial charge in [0.05, 0.1) is 12.2 Å². The van der Waals surface area contributed by atoms with E-state index in [1.54, 1.807) is 0 Å². The second-order valence-electron chi connectivity index (χ2n) is 5.28. The number of rotatable bonds is 5. The quantitative estimate of drug-likeness (QED) is 0.887. The van der Waals surface area contributed by atoms with Gasteiger partial charge in [0.2, 0.25) is 0 Å². The van der Waals surface area contributed by atoms with Crippen LogP contribution in [0.4, 0.5) is 0 Å². The van der Waals surface area contributed by atoms with Crippen molar-refractivity contribution in [3.8, 4) is 0 Å². The van der Waals surface area contributed by atoms with Gasteiger partial charge >= 0.3 is 0 Å². The lowest BCUT2D eigenvalue weighted by Gasteiger charge is -2.20. The van der Waals surface area contributed by atoms with Crippen molar-refractivity contribution < 1.29 is 4.74 Å². The van der Waals surface area contributed by atoms with Gasteiger partial charge < -0.3 is 10.5 Å². The average Bonchev–Trinajstić information content (AvgIpc) is 2.76. The second-order valence-corrected chi connectivity index (χ2v) is 5.69. The van der Waals surface area contributed by atoms with Gasteiger partial charge in [0.1, 0.15) is 0 Å². The van der Waals surface area contributed by atoms with Crippen LogP contribution in [0.25, 0.3) is 0 Å². The molecule has 0 spiro atoms. The Morgan fingerprint density at radius 1 is 1.39 bits per heavy atom. The topological polar surface area (TPSA) is 35.2 Å². The van der Waals surface area contributed by atoms with E-state index in [2.05, 4.69) is 13.0 Å². The van der Waals surface area contributed by atoms with Crippen LogP contribution in [-0.2, 0) is 11.2 Å². The molecule has 3 unspecified atom stereocenters. The molecule has 1 aliphatic rings. The van der Waals surface area contributed by atoms with Gasteiger partial charge in [0.15, 0.2) is 0 Å². The van der Waals surface area contributed by atoms with E-state index in [1.807, 2.05) is 18.2 Å². The van der Waals surface area contributed by atoms with E-state index in [9.17, 15) is 0 Å². The Balaban J connectivity index is 1.91. The molecule has 2 nitrogen and oxygen atoms in total. The van der Waals surface area contributed by atoms with E-state index in [0.717, 1.165) is 17.9 Å². The smallest absolute Gasteiger partial charge is 0.0583 e. The minimum absolute atomic E-state index is 0.385. The summed E-state index contributed by atoms with van der Waals surface area (Å²) in [5.41, 5.74) is 7.08. The maximum absolute atomic E-state index is 6.19. The van der Waals surface area contributed by atoms with E-state index in [-0.39, 0.29) is 0 Å². The first-order chi connectivity index (χ1) is 8.69. The molecular weight excluding hydrogens is 246 g/mol. The van der Waals surface area contributed by atoms with Crippen molar-refractivity contribution in [1.29, 1.82) is 0 Å². The van der Waals surface area contributed by atoms with E-state index in [0.29, 0.717) is 24.7 Å². The van der Waals surface area contributed by atoms with Gasteiger partial charge in [-0.15, -0.1) is 0 Å². The Labute approximate surface area is 114 Å². The van der Waals surface area contributed by atoms with Crippen LogP contribution in [0.15, 0.2) is 24.3 Å². The molecule has 1 aromatic rings. The predicted octanol–water partition coefficient (Wildman–Crippen LogP) is 3.42. The fourth-order valence-electron chi connectivity index (χ4n) is 2.67. The van der Waals surface area contributed by atoms with Crippen molar-refractivity contribution in [3.63, 3.8) is 0 Å². The largest absolute Gasteiger partial charge is 0.375 e. The Morgan fingerprint density at radius 3 is 2.78 bits per heavy atom. The fourth-order valence-corrected chi connectivity index (χ4v) is 2.88. The van der Waals surface area contributed by atoms with Crippen LogP contribution in [0.3, 0.4) is 0 Å². The molecule has 1 saturated heterocycles. The molecule has 1 heterocycles. The van der Waals surface area contributed by atoms with Crippen LogP contribution < -0.4 is 5.73 Å². The zero-order valence-electron chi connectivity index (χ0n) is 10.9. The highest BCUT2D eigenvalue weighted by molar-refractivity contribution is 6.31. The molecule has 2 N–H and O–H groups in total. The number of benzene rings is 1. The number of hydrogen-bond acceptors (Lipinski definition) is 2. The minimum atomic E-state index is 0.385. The SMILES string of the molecule is CC1CCC(CC(CN)Cc2ccccc2Cl)O1. The van der Waals surface area contributed by atoms with Crippen LogP contribution in [0, 0.1) is 5.92 Å². The second kappa shape index (κ2) is 6.55.